The minimum absolute atomic E-state index is 0.167. The summed E-state index contributed by atoms with van der Waals surface area (Å²) in [6.07, 6.45) is 3.82. The summed E-state index contributed by atoms with van der Waals surface area (Å²) in [6, 6.07) is 0. The molecule has 0 atom stereocenters. The molecule has 0 aliphatic rings. The molecule has 0 rings (SSSR count). The van der Waals surface area contributed by atoms with Crippen LogP contribution in [-0.4, -0.2) is 18.3 Å². The highest BCUT2D eigenvalue weighted by molar-refractivity contribution is 6.17. The molecule has 0 bridgehead atoms. The highest BCUT2D eigenvalue weighted by Crippen LogP contribution is 1.99. The summed E-state index contributed by atoms with van der Waals surface area (Å²) in [6.45, 7) is 4.89. The Balaban J connectivity index is 3.17. The molecule has 0 fully saturated rings. The SMILES string of the molecule is CC(C)CC(=O)NCCCCCCl. The summed E-state index contributed by atoms with van der Waals surface area (Å²) in [7, 11) is 0. The van der Waals surface area contributed by atoms with E-state index < -0.39 is 0 Å². The normalized spacial score (nSPS) is 10.5. The molecule has 3 heteroatoms. The second kappa shape index (κ2) is 8.36. The first-order valence-electron chi connectivity index (χ1n) is 4.99. The van der Waals surface area contributed by atoms with E-state index in [-0.39, 0.29) is 5.91 Å². The molecule has 0 aliphatic heterocycles. The molecule has 0 spiro atoms. The van der Waals surface area contributed by atoms with Gasteiger partial charge in [-0.3, -0.25) is 4.79 Å². The Labute approximate surface area is 86.0 Å². The molecule has 0 saturated heterocycles. The largest absolute Gasteiger partial charge is 0.356 e. The van der Waals surface area contributed by atoms with Crippen molar-refractivity contribution in [1.29, 1.82) is 0 Å². The number of rotatable bonds is 7. The van der Waals surface area contributed by atoms with Gasteiger partial charge in [-0.25, -0.2) is 0 Å². The van der Waals surface area contributed by atoms with E-state index in [9.17, 15) is 4.79 Å². The van der Waals surface area contributed by atoms with Crippen LogP contribution >= 0.6 is 11.6 Å². The molecule has 2 nitrogen and oxygen atoms in total. The van der Waals surface area contributed by atoms with Gasteiger partial charge in [0.2, 0.25) is 5.91 Å². The van der Waals surface area contributed by atoms with E-state index in [0.29, 0.717) is 12.3 Å². The van der Waals surface area contributed by atoms with E-state index >= 15 is 0 Å². The van der Waals surface area contributed by atoms with E-state index in [1.54, 1.807) is 0 Å². The maximum atomic E-state index is 11.1. The number of carbonyl (C=O) groups is 1. The molecule has 0 saturated carbocycles. The summed E-state index contributed by atoms with van der Waals surface area (Å²) < 4.78 is 0. The topological polar surface area (TPSA) is 29.1 Å². The molecule has 0 unspecified atom stereocenters. The molecule has 0 aliphatic carbocycles. The molecule has 78 valence electrons. The molecule has 0 aromatic carbocycles. The van der Waals surface area contributed by atoms with Crippen LogP contribution in [0.2, 0.25) is 0 Å². The fraction of sp³-hybridized carbons (Fsp3) is 0.900. The molecule has 1 amide bonds. The van der Waals surface area contributed by atoms with Gasteiger partial charge in [0.25, 0.3) is 0 Å². The van der Waals surface area contributed by atoms with Crippen LogP contribution in [0.25, 0.3) is 0 Å². The maximum absolute atomic E-state index is 11.1. The van der Waals surface area contributed by atoms with Crippen molar-refractivity contribution in [2.45, 2.75) is 39.5 Å². The third kappa shape index (κ3) is 9.68. The summed E-state index contributed by atoms with van der Waals surface area (Å²) in [5.74, 6) is 1.34. The summed E-state index contributed by atoms with van der Waals surface area (Å²) in [5, 5.41) is 2.89. The molecule has 1 N–H and O–H groups in total. The Kier molecular flexibility index (Phi) is 8.21. The third-order valence-electron chi connectivity index (χ3n) is 1.73. The van der Waals surface area contributed by atoms with Crippen LogP contribution in [0.5, 0.6) is 0 Å². The Hall–Kier alpha value is -0.240. The lowest BCUT2D eigenvalue weighted by atomic mass is 10.1. The molecule has 13 heavy (non-hydrogen) atoms. The van der Waals surface area contributed by atoms with Crippen LogP contribution in [-0.2, 0) is 4.79 Å². The van der Waals surface area contributed by atoms with Gasteiger partial charge < -0.3 is 5.32 Å². The number of unbranched alkanes of at least 4 members (excludes halogenated alkanes) is 2. The van der Waals surface area contributed by atoms with Crippen LogP contribution in [0, 0.1) is 5.92 Å². The van der Waals surface area contributed by atoms with Crippen LogP contribution in [0.3, 0.4) is 0 Å². The predicted octanol–water partition coefficient (Wildman–Crippen LogP) is 2.56. The first-order valence-corrected chi connectivity index (χ1v) is 5.53. The average Bonchev–Trinajstić information content (AvgIpc) is 2.02. The lowest BCUT2D eigenvalue weighted by molar-refractivity contribution is -0.121. The number of carbonyl (C=O) groups excluding carboxylic acids is 1. The van der Waals surface area contributed by atoms with Gasteiger partial charge in [-0.2, -0.15) is 0 Å². The summed E-state index contributed by atoms with van der Waals surface area (Å²) in [5.41, 5.74) is 0. The number of alkyl halides is 1. The van der Waals surface area contributed by atoms with E-state index in [1.165, 1.54) is 0 Å². The standard InChI is InChI=1S/C10H20ClNO/c1-9(2)8-10(13)12-7-5-3-4-6-11/h9H,3-8H2,1-2H3,(H,12,13). The molecule has 0 aromatic heterocycles. The van der Waals surface area contributed by atoms with Crippen molar-refractivity contribution in [1.82, 2.24) is 5.32 Å². The molecule has 0 aromatic rings. The lowest BCUT2D eigenvalue weighted by Crippen LogP contribution is -2.25. The number of amides is 1. The van der Waals surface area contributed by atoms with Crippen molar-refractivity contribution >= 4 is 17.5 Å². The highest BCUT2D eigenvalue weighted by Gasteiger charge is 2.02. The van der Waals surface area contributed by atoms with Crippen molar-refractivity contribution in [3.05, 3.63) is 0 Å². The van der Waals surface area contributed by atoms with E-state index in [0.717, 1.165) is 31.7 Å². The minimum atomic E-state index is 0.167. The van der Waals surface area contributed by atoms with E-state index in [1.807, 2.05) is 13.8 Å². The zero-order valence-corrected chi connectivity index (χ0v) is 9.36. The lowest BCUT2D eigenvalue weighted by Gasteiger charge is -2.06. The highest BCUT2D eigenvalue weighted by atomic mass is 35.5. The predicted molar refractivity (Wildman–Crippen MR) is 57.0 cm³/mol. The van der Waals surface area contributed by atoms with Gasteiger partial charge >= 0.3 is 0 Å². The summed E-state index contributed by atoms with van der Waals surface area (Å²) >= 11 is 5.52. The first kappa shape index (κ1) is 12.8. The third-order valence-corrected chi connectivity index (χ3v) is 1.99. The van der Waals surface area contributed by atoms with Crippen LogP contribution in [0.1, 0.15) is 39.5 Å². The fourth-order valence-corrected chi connectivity index (χ4v) is 1.26. The number of hydrogen-bond donors (Lipinski definition) is 1. The van der Waals surface area contributed by atoms with Gasteiger partial charge in [-0.05, 0) is 18.8 Å². The van der Waals surface area contributed by atoms with Crippen molar-refractivity contribution in [3.63, 3.8) is 0 Å². The Morgan fingerprint density at radius 1 is 1.31 bits per heavy atom. The van der Waals surface area contributed by atoms with Crippen molar-refractivity contribution < 1.29 is 4.79 Å². The zero-order chi connectivity index (χ0) is 10.1. The van der Waals surface area contributed by atoms with E-state index in [4.69, 9.17) is 11.6 Å². The van der Waals surface area contributed by atoms with Crippen molar-refractivity contribution in [2.75, 3.05) is 12.4 Å². The van der Waals surface area contributed by atoms with Gasteiger partial charge in [0, 0.05) is 18.8 Å². The molecule has 0 radical (unpaired) electrons. The van der Waals surface area contributed by atoms with Crippen LogP contribution in [0.15, 0.2) is 0 Å². The van der Waals surface area contributed by atoms with Gasteiger partial charge in [-0.15, -0.1) is 11.6 Å². The minimum Gasteiger partial charge on any atom is -0.356 e. The van der Waals surface area contributed by atoms with Gasteiger partial charge in [-0.1, -0.05) is 20.3 Å². The average molecular weight is 206 g/mol. The van der Waals surface area contributed by atoms with E-state index in [2.05, 4.69) is 5.32 Å². The van der Waals surface area contributed by atoms with Crippen LogP contribution in [0.4, 0.5) is 0 Å². The Morgan fingerprint density at radius 3 is 2.54 bits per heavy atom. The zero-order valence-electron chi connectivity index (χ0n) is 8.61. The Morgan fingerprint density at radius 2 is 2.00 bits per heavy atom. The monoisotopic (exact) mass is 205 g/mol. The molecular formula is C10H20ClNO. The smallest absolute Gasteiger partial charge is 0.220 e. The molecule has 0 heterocycles. The fourth-order valence-electron chi connectivity index (χ4n) is 1.07. The number of hydrogen-bond acceptors (Lipinski definition) is 1. The quantitative estimate of drug-likeness (QED) is 0.503. The van der Waals surface area contributed by atoms with Gasteiger partial charge in [0.1, 0.15) is 0 Å². The maximum Gasteiger partial charge on any atom is 0.220 e. The van der Waals surface area contributed by atoms with Crippen LogP contribution < -0.4 is 5.32 Å². The second-order valence-corrected chi connectivity index (χ2v) is 4.08. The number of nitrogens with one attached hydrogen (secondary N) is 1. The summed E-state index contributed by atoms with van der Waals surface area (Å²) in [4.78, 5) is 11.1. The molecular weight excluding hydrogens is 186 g/mol. The van der Waals surface area contributed by atoms with Crippen molar-refractivity contribution in [3.8, 4) is 0 Å². The number of halogens is 1. The Bertz CT molecular complexity index is 137. The second-order valence-electron chi connectivity index (χ2n) is 3.70. The first-order chi connectivity index (χ1) is 6.16. The van der Waals surface area contributed by atoms with Crippen molar-refractivity contribution in [2.24, 2.45) is 5.92 Å². The van der Waals surface area contributed by atoms with Gasteiger partial charge in [0.15, 0.2) is 0 Å². The van der Waals surface area contributed by atoms with Gasteiger partial charge in [0.05, 0.1) is 0 Å².